The Morgan fingerprint density at radius 2 is 2.44 bits per heavy atom. The molecule has 0 aliphatic carbocycles. The molecule has 0 spiro atoms. The summed E-state index contributed by atoms with van der Waals surface area (Å²) in [6, 6.07) is 0.685. The van der Waals surface area contributed by atoms with E-state index in [1.165, 1.54) is 19.4 Å². The van der Waals surface area contributed by atoms with Gasteiger partial charge in [0.15, 0.2) is 0 Å². The van der Waals surface area contributed by atoms with Crippen molar-refractivity contribution < 1.29 is 0 Å². The Balaban J connectivity index is 2.39. The third-order valence-corrected chi connectivity index (χ3v) is 2.18. The number of likely N-dealkylation sites (N-methyl/N-ethyl adjacent to an activating group) is 1. The van der Waals surface area contributed by atoms with Gasteiger partial charge in [-0.15, -0.1) is 0 Å². The summed E-state index contributed by atoms with van der Waals surface area (Å²) in [6.45, 7) is 1.25. The van der Waals surface area contributed by atoms with Crippen molar-refractivity contribution in [3.8, 4) is 0 Å². The number of rotatable bonds is 1. The molecule has 1 fully saturated rings. The lowest BCUT2D eigenvalue weighted by molar-refractivity contribution is 0.357. The molecule has 1 heterocycles. The van der Waals surface area contributed by atoms with Crippen molar-refractivity contribution in [3.05, 3.63) is 11.1 Å². The highest BCUT2D eigenvalue weighted by atomic mass is 79.9. The smallest absolute Gasteiger partial charge is 0.0283 e. The van der Waals surface area contributed by atoms with Gasteiger partial charge in [-0.3, -0.25) is 4.90 Å². The number of halogens is 1. The van der Waals surface area contributed by atoms with E-state index in [2.05, 4.69) is 34.0 Å². The summed E-state index contributed by atoms with van der Waals surface area (Å²) < 4.78 is 0. The molecule has 1 rings (SSSR count). The first kappa shape index (κ1) is 7.29. The van der Waals surface area contributed by atoms with Gasteiger partial charge in [0.1, 0.15) is 0 Å². The van der Waals surface area contributed by atoms with E-state index in [1.807, 2.05) is 4.99 Å². The highest BCUT2D eigenvalue weighted by Crippen LogP contribution is 2.15. The molecule has 1 aliphatic rings. The molecule has 1 saturated heterocycles. The molecule has 0 radical (unpaired) electrons. The molecule has 1 atom stereocenters. The largest absolute Gasteiger partial charge is 0.300 e. The summed E-state index contributed by atoms with van der Waals surface area (Å²) in [6.07, 6.45) is 4.87. The van der Waals surface area contributed by atoms with Crippen LogP contribution >= 0.6 is 15.9 Å². The van der Waals surface area contributed by atoms with Gasteiger partial charge in [-0.2, -0.15) is 0 Å². The fourth-order valence-corrected chi connectivity index (χ4v) is 1.62. The van der Waals surface area contributed by atoms with Crippen LogP contribution < -0.4 is 0 Å². The van der Waals surface area contributed by atoms with E-state index in [-0.39, 0.29) is 0 Å². The zero-order valence-corrected chi connectivity index (χ0v) is 7.26. The average Bonchev–Trinajstić information content (AvgIpc) is 2.18. The summed E-state index contributed by atoms with van der Waals surface area (Å²) in [4.78, 5) is 4.33. The second-order valence-corrected chi connectivity index (χ2v) is 3.04. The van der Waals surface area contributed by atoms with Crippen LogP contribution in [-0.2, 0) is 0 Å². The summed E-state index contributed by atoms with van der Waals surface area (Å²) in [7, 11) is 2.17. The Morgan fingerprint density at radius 3 is 2.89 bits per heavy atom. The Bertz CT molecular complexity index is 111. The average molecular weight is 190 g/mol. The van der Waals surface area contributed by atoms with E-state index >= 15 is 0 Å². The van der Waals surface area contributed by atoms with Crippen LogP contribution in [0.2, 0.25) is 0 Å². The molecule has 0 saturated carbocycles. The number of likely N-dealkylation sites (tertiary alicyclic amines) is 1. The maximum atomic E-state index is 3.28. The molecule has 0 aromatic rings. The molecule has 2 heteroatoms. The quantitative estimate of drug-likeness (QED) is 0.611. The predicted molar refractivity (Wildman–Crippen MR) is 43.7 cm³/mol. The lowest BCUT2D eigenvalue weighted by Crippen LogP contribution is -2.22. The Morgan fingerprint density at radius 1 is 1.67 bits per heavy atom. The summed E-state index contributed by atoms with van der Waals surface area (Å²) in [5.41, 5.74) is 0. The van der Waals surface area contributed by atoms with E-state index in [9.17, 15) is 0 Å². The van der Waals surface area contributed by atoms with Crippen LogP contribution in [0.15, 0.2) is 11.1 Å². The fourth-order valence-electron chi connectivity index (χ4n) is 1.26. The van der Waals surface area contributed by atoms with Gasteiger partial charge in [0, 0.05) is 6.04 Å². The minimum Gasteiger partial charge on any atom is -0.300 e. The highest BCUT2D eigenvalue weighted by molar-refractivity contribution is 9.11. The number of nitrogens with zero attached hydrogens (tertiary/aromatic N) is 1. The van der Waals surface area contributed by atoms with Gasteiger partial charge in [-0.25, -0.2) is 0 Å². The summed E-state index contributed by atoms with van der Waals surface area (Å²) >= 11 is 3.28. The fraction of sp³-hybridized carbons (Fsp3) is 0.714. The van der Waals surface area contributed by atoms with Gasteiger partial charge in [0.2, 0.25) is 0 Å². The first-order valence-corrected chi connectivity index (χ1v) is 4.23. The van der Waals surface area contributed by atoms with Gasteiger partial charge in [-0.05, 0) is 31.4 Å². The second-order valence-electron chi connectivity index (χ2n) is 2.51. The molecule has 0 bridgehead atoms. The van der Waals surface area contributed by atoms with Crippen LogP contribution in [-0.4, -0.2) is 24.5 Å². The molecule has 1 aliphatic heterocycles. The van der Waals surface area contributed by atoms with Gasteiger partial charge >= 0.3 is 0 Å². The normalized spacial score (nSPS) is 30.2. The molecule has 1 unspecified atom stereocenters. The van der Waals surface area contributed by atoms with Gasteiger partial charge in [0.05, 0.1) is 0 Å². The first-order valence-electron chi connectivity index (χ1n) is 3.31. The standard InChI is InChI=1S/C7H12BrN/c1-9-6-2-3-7(9)4-5-8/h4-5,7H,2-3,6H2,1H3. The van der Waals surface area contributed by atoms with Gasteiger partial charge < -0.3 is 0 Å². The Hall–Kier alpha value is 0.180. The second kappa shape index (κ2) is 3.37. The van der Waals surface area contributed by atoms with Crippen molar-refractivity contribution in [2.45, 2.75) is 18.9 Å². The molecular weight excluding hydrogens is 178 g/mol. The Labute approximate surface area is 64.9 Å². The van der Waals surface area contributed by atoms with Gasteiger partial charge in [-0.1, -0.05) is 22.0 Å². The van der Waals surface area contributed by atoms with Crippen molar-refractivity contribution in [1.29, 1.82) is 0 Å². The van der Waals surface area contributed by atoms with Crippen LogP contribution in [0.25, 0.3) is 0 Å². The SMILES string of the molecule is CN1CCCC1C=CBr. The van der Waals surface area contributed by atoms with Crippen molar-refractivity contribution in [3.63, 3.8) is 0 Å². The monoisotopic (exact) mass is 189 g/mol. The molecule has 1 nitrogen and oxygen atoms in total. The lowest BCUT2D eigenvalue weighted by atomic mass is 10.2. The van der Waals surface area contributed by atoms with Crippen LogP contribution in [0.4, 0.5) is 0 Å². The third kappa shape index (κ3) is 1.80. The third-order valence-electron chi connectivity index (χ3n) is 1.87. The van der Waals surface area contributed by atoms with Crippen molar-refractivity contribution in [1.82, 2.24) is 4.90 Å². The van der Waals surface area contributed by atoms with Crippen LogP contribution in [0.1, 0.15) is 12.8 Å². The minimum atomic E-state index is 0.685. The first-order chi connectivity index (χ1) is 4.34. The van der Waals surface area contributed by atoms with Crippen LogP contribution in [0.5, 0.6) is 0 Å². The van der Waals surface area contributed by atoms with Crippen LogP contribution in [0, 0.1) is 0 Å². The van der Waals surface area contributed by atoms with E-state index in [4.69, 9.17) is 0 Å². The topological polar surface area (TPSA) is 3.24 Å². The molecule has 0 N–H and O–H groups in total. The van der Waals surface area contributed by atoms with Crippen molar-refractivity contribution in [2.75, 3.05) is 13.6 Å². The minimum absolute atomic E-state index is 0.685. The predicted octanol–water partition coefficient (Wildman–Crippen LogP) is 1.99. The molecular formula is C7H12BrN. The van der Waals surface area contributed by atoms with Crippen molar-refractivity contribution in [2.24, 2.45) is 0 Å². The molecule has 0 amide bonds. The molecule has 0 aromatic heterocycles. The number of hydrogen-bond acceptors (Lipinski definition) is 1. The highest BCUT2D eigenvalue weighted by Gasteiger charge is 2.16. The summed E-state index contributed by atoms with van der Waals surface area (Å²) in [5, 5.41) is 0. The molecule has 9 heavy (non-hydrogen) atoms. The zero-order chi connectivity index (χ0) is 6.69. The Kier molecular flexibility index (Phi) is 2.73. The summed E-state index contributed by atoms with van der Waals surface area (Å²) in [5.74, 6) is 0. The molecule has 52 valence electrons. The maximum Gasteiger partial charge on any atom is 0.0283 e. The van der Waals surface area contributed by atoms with Crippen molar-refractivity contribution >= 4 is 15.9 Å². The van der Waals surface area contributed by atoms with Gasteiger partial charge in [0.25, 0.3) is 0 Å². The van der Waals surface area contributed by atoms with E-state index < -0.39 is 0 Å². The van der Waals surface area contributed by atoms with E-state index in [1.54, 1.807) is 0 Å². The van der Waals surface area contributed by atoms with E-state index in [0.717, 1.165) is 0 Å². The lowest BCUT2D eigenvalue weighted by Gasteiger charge is -2.13. The maximum absolute atomic E-state index is 3.28. The number of hydrogen-bond donors (Lipinski definition) is 0. The van der Waals surface area contributed by atoms with E-state index in [0.29, 0.717) is 6.04 Å². The zero-order valence-electron chi connectivity index (χ0n) is 5.68. The van der Waals surface area contributed by atoms with Crippen LogP contribution in [0.3, 0.4) is 0 Å². The molecule has 0 aromatic carbocycles.